The zero-order chi connectivity index (χ0) is 16.0. The third kappa shape index (κ3) is 3.44. The van der Waals surface area contributed by atoms with Crippen molar-refractivity contribution in [3.63, 3.8) is 0 Å². The standard InChI is InChI=1S/C21H17.ClH.Hg/c1-2-21(18-12-6-3-7-13-18,19-14-8-4-9-15-19)20-16-10-5-11-17-20;;/h1-17H;1H;/q;;+1/p-1. The first-order valence-corrected chi connectivity index (χ1v) is 17.7. The van der Waals surface area contributed by atoms with E-state index in [0.29, 0.717) is 0 Å². The van der Waals surface area contributed by atoms with E-state index in [-0.39, 0.29) is 5.41 Å². The normalized spacial score (nSPS) is 11.3. The molecule has 0 fully saturated rings. The molecular weight excluding hydrogens is 488 g/mol. The summed E-state index contributed by atoms with van der Waals surface area (Å²) in [4.78, 5) is 0. The van der Waals surface area contributed by atoms with Crippen LogP contribution in [0.2, 0.25) is 0 Å². The number of benzene rings is 3. The van der Waals surface area contributed by atoms with Crippen LogP contribution in [0, 0.1) is 0 Å². The van der Waals surface area contributed by atoms with Crippen LogP contribution in [0.5, 0.6) is 0 Å². The van der Waals surface area contributed by atoms with Crippen molar-refractivity contribution in [2.45, 2.75) is 5.41 Å². The molecule has 0 aliphatic heterocycles. The molecule has 110 valence electrons. The van der Waals surface area contributed by atoms with Crippen LogP contribution in [0.4, 0.5) is 0 Å². The van der Waals surface area contributed by atoms with Crippen LogP contribution in [-0.4, -0.2) is 0 Å². The molecule has 0 nitrogen and oxygen atoms in total. The Kier molecular flexibility index (Phi) is 5.69. The molecule has 0 amide bonds. The molecular formula is C21H17ClHg. The molecule has 3 aromatic carbocycles. The molecule has 0 spiro atoms. The third-order valence-electron chi connectivity index (χ3n) is 4.14. The Labute approximate surface area is 153 Å². The van der Waals surface area contributed by atoms with Gasteiger partial charge in [-0.2, -0.15) is 0 Å². The van der Waals surface area contributed by atoms with E-state index in [4.69, 9.17) is 8.25 Å². The van der Waals surface area contributed by atoms with Crippen molar-refractivity contribution >= 4 is 8.25 Å². The predicted octanol–water partition coefficient (Wildman–Crippen LogP) is 5.77. The Morgan fingerprint density at radius 1 is 0.609 bits per heavy atom. The van der Waals surface area contributed by atoms with Gasteiger partial charge in [-0.1, -0.05) is 0 Å². The van der Waals surface area contributed by atoms with Crippen LogP contribution in [0.1, 0.15) is 16.7 Å². The van der Waals surface area contributed by atoms with Gasteiger partial charge in [0.2, 0.25) is 0 Å². The van der Waals surface area contributed by atoms with Gasteiger partial charge < -0.3 is 0 Å². The number of hydrogen-bond donors (Lipinski definition) is 0. The van der Waals surface area contributed by atoms with Crippen LogP contribution >= 0.6 is 8.25 Å². The van der Waals surface area contributed by atoms with Gasteiger partial charge in [-0.3, -0.25) is 0 Å². The molecule has 0 aliphatic rings. The number of allylic oxidation sites excluding steroid dienone is 1. The van der Waals surface area contributed by atoms with E-state index in [0.717, 1.165) is 0 Å². The van der Waals surface area contributed by atoms with E-state index >= 15 is 0 Å². The molecule has 0 unspecified atom stereocenters. The van der Waals surface area contributed by atoms with Crippen molar-refractivity contribution in [2.24, 2.45) is 0 Å². The van der Waals surface area contributed by atoms with E-state index in [9.17, 15) is 0 Å². The fraction of sp³-hybridized carbons (Fsp3) is 0.0476. The second kappa shape index (κ2) is 7.94. The van der Waals surface area contributed by atoms with Gasteiger partial charge in [0.25, 0.3) is 0 Å². The van der Waals surface area contributed by atoms with Crippen molar-refractivity contribution < 1.29 is 23.3 Å². The van der Waals surface area contributed by atoms with E-state index in [1.165, 1.54) is 16.7 Å². The molecule has 0 aromatic heterocycles. The molecule has 0 N–H and O–H groups in total. The molecule has 2 heteroatoms. The maximum atomic E-state index is 6.21. The van der Waals surface area contributed by atoms with Crippen LogP contribution in [0.15, 0.2) is 101 Å². The van der Waals surface area contributed by atoms with Crippen molar-refractivity contribution in [2.75, 3.05) is 0 Å². The van der Waals surface area contributed by atoms with Gasteiger partial charge in [-0.05, 0) is 0 Å². The fourth-order valence-electron chi connectivity index (χ4n) is 3.11. The molecule has 23 heavy (non-hydrogen) atoms. The van der Waals surface area contributed by atoms with Gasteiger partial charge in [0.15, 0.2) is 0 Å². The zero-order valence-electron chi connectivity index (χ0n) is 12.9. The topological polar surface area (TPSA) is 0 Å². The van der Waals surface area contributed by atoms with Crippen molar-refractivity contribution in [1.29, 1.82) is 0 Å². The number of hydrogen-bond acceptors (Lipinski definition) is 0. The van der Waals surface area contributed by atoms with Gasteiger partial charge in [-0.15, -0.1) is 0 Å². The van der Waals surface area contributed by atoms with E-state index < -0.39 is 23.3 Å². The average Bonchev–Trinajstić information content (AvgIpc) is 2.65. The molecule has 0 saturated heterocycles. The molecule has 0 bridgehead atoms. The van der Waals surface area contributed by atoms with Crippen molar-refractivity contribution in [1.82, 2.24) is 0 Å². The van der Waals surface area contributed by atoms with Gasteiger partial charge >= 0.3 is 154 Å². The van der Waals surface area contributed by atoms with Gasteiger partial charge in [0.1, 0.15) is 0 Å². The Morgan fingerprint density at radius 3 is 1.26 bits per heavy atom. The minimum absolute atomic E-state index is 0.279. The van der Waals surface area contributed by atoms with Crippen LogP contribution in [0.25, 0.3) is 0 Å². The van der Waals surface area contributed by atoms with Crippen molar-refractivity contribution in [3.05, 3.63) is 117 Å². The molecule has 0 saturated carbocycles. The van der Waals surface area contributed by atoms with E-state index in [1.807, 2.05) is 0 Å². The first-order chi connectivity index (χ1) is 11.4. The summed E-state index contributed by atoms with van der Waals surface area (Å²) in [5.74, 6) is 0. The van der Waals surface area contributed by atoms with Gasteiger partial charge in [-0.25, -0.2) is 0 Å². The summed E-state index contributed by atoms with van der Waals surface area (Å²) in [6.45, 7) is 0. The molecule has 0 aliphatic carbocycles. The first kappa shape index (κ1) is 16.5. The Bertz CT molecular complexity index is 655. The number of halogens is 1. The second-order valence-corrected chi connectivity index (χ2v) is 11.2. The summed E-state index contributed by atoms with van der Waals surface area (Å²) < 4.78 is 2.26. The monoisotopic (exact) mass is 506 g/mol. The maximum absolute atomic E-state index is 6.21. The Balaban J connectivity index is 2.33. The van der Waals surface area contributed by atoms with E-state index in [2.05, 4.69) is 101 Å². The predicted molar refractivity (Wildman–Crippen MR) is 94.2 cm³/mol. The van der Waals surface area contributed by atoms with Gasteiger partial charge in [0, 0.05) is 0 Å². The summed E-state index contributed by atoms with van der Waals surface area (Å²) in [7, 11) is 6.21. The number of rotatable bonds is 5. The molecule has 3 rings (SSSR count). The van der Waals surface area contributed by atoms with E-state index in [1.54, 1.807) is 0 Å². The van der Waals surface area contributed by atoms with Crippen LogP contribution in [0.3, 0.4) is 0 Å². The first-order valence-electron chi connectivity index (χ1n) is 7.78. The minimum atomic E-state index is -1.40. The second-order valence-electron chi connectivity index (χ2n) is 5.46. The molecule has 3 aromatic rings. The van der Waals surface area contributed by atoms with Crippen LogP contribution in [-0.2, 0) is 28.8 Å². The SMILES string of the molecule is [Cl][Hg]/[CH]=C/C(c1ccccc1)(c1ccccc1)c1ccccc1. The summed E-state index contributed by atoms with van der Waals surface area (Å²) >= 11 is -1.40. The summed E-state index contributed by atoms with van der Waals surface area (Å²) in [5, 5.41) is 0. The Morgan fingerprint density at radius 2 is 0.957 bits per heavy atom. The third-order valence-corrected chi connectivity index (χ3v) is 7.32. The van der Waals surface area contributed by atoms with Gasteiger partial charge in [0.05, 0.1) is 0 Å². The molecule has 0 atom stereocenters. The zero-order valence-corrected chi connectivity index (χ0v) is 19.2. The van der Waals surface area contributed by atoms with Crippen LogP contribution < -0.4 is 0 Å². The average molecular weight is 505 g/mol. The Hall–Kier alpha value is -1.37. The van der Waals surface area contributed by atoms with Crippen molar-refractivity contribution in [3.8, 4) is 0 Å². The fourth-order valence-corrected chi connectivity index (χ4v) is 5.62. The summed E-state index contributed by atoms with van der Waals surface area (Å²) in [6.07, 6.45) is 2.32. The molecule has 0 heterocycles. The quantitative estimate of drug-likeness (QED) is 0.305. The molecule has 0 radical (unpaired) electrons. The summed E-state index contributed by atoms with van der Waals surface area (Å²) in [5.41, 5.74) is 3.53. The summed E-state index contributed by atoms with van der Waals surface area (Å²) in [6, 6.07) is 32.1.